The first-order valence-electron chi connectivity index (χ1n) is 7.98. The van der Waals surface area contributed by atoms with Crippen molar-refractivity contribution in [3.63, 3.8) is 0 Å². The fourth-order valence-electron chi connectivity index (χ4n) is 3.11. The number of furan rings is 1. The average Bonchev–Trinajstić information content (AvgIpc) is 3.03. The second kappa shape index (κ2) is 7.25. The molecule has 1 fully saturated rings. The number of aromatic nitrogens is 2. The van der Waals surface area contributed by atoms with E-state index in [0.717, 1.165) is 31.6 Å². The number of aliphatic hydroxyl groups is 1. The maximum Gasteiger partial charge on any atom is 0.158 e. The van der Waals surface area contributed by atoms with Gasteiger partial charge in [0.25, 0.3) is 0 Å². The van der Waals surface area contributed by atoms with Crippen LogP contribution in [0.2, 0.25) is 0 Å². The van der Waals surface area contributed by atoms with Crippen molar-refractivity contribution < 1.29 is 9.52 Å². The highest BCUT2D eigenvalue weighted by Gasteiger charge is 2.26. The van der Waals surface area contributed by atoms with Gasteiger partial charge in [-0.15, -0.1) is 0 Å². The van der Waals surface area contributed by atoms with Crippen molar-refractivity contribution in [1.82, 2.24) is 9.97 Å². The molecule has 1 aliphatic rings. The molecule has 1 aliphatic heterocycles. The van der Waals surface area contributed by atoms with Crippen LogP contribution in [0.5, 0.6) is 0 Å². The van der Waals surface area contributed by atoms with Gasteiger partial charge in [-0.2, -0.15) is 5.26 Å². The normalized spacial score (nSPS) is 19.8. The van der Waals surface area contributed by atoms with E-state index in [9.17, 15) is 5.11 Å². The number of nitrogens with zero attached hydrogens (tertiary/aromatic N) is 4. The number of hydrogen-bond acceptors (Lipinski definition) is 6. The van der Waals surface area contributed by atoms with Gasteiger partial charge < -0.3 is 14.4 Å². The highest BCUT2D eigenvalue weighted by molar-refractivity contribution is 5.39. The zero-order valence-electron chi connectivity index (χ0n) is 12.9. The van der Waals surface area contributed by atoms with Gasteiger partial charge >= 0.3 is 0 Å². The van der Waals surface area contributed by atoms with Crippen LogP contribution in [0.3, 0.4) is 0 Å². The largest absolute Gasteiger partial charge is 0.467 e. The second-order valence-electron chi connectivity index (χ2n) is 5.84. The maximum atomic E-state index is 10.4. The minimum Gasteiger partial charge on any atom is -0.467 e. The molecule has 6 nitrogen and oxygen atoms in total. The van der Waals surface area contributed by atoms with Crippen LogP contribution in [-0.2, 0) is 0 Å². The standard InChI is InChI=1S/C17H20N4O2/c18-10-13-11-20-17(12-19-13)21-7-3-1-2-5-14(21)9-15(22)16-6-4-8-23-16/h4,6,8,11-12,14-15,22H,1-3,5,7,9H2/t14-,15-/m0/s1. The number of anilines is 1. The summed E-state index contributed by atoms with van der Waals surface area (Å²) in [6, 6.07) is 5.75. The molecule has 2 aromatic heterocycles. The van der Waals surface area contributed by atoms with Crippen LogP contribution in [-0.4, -0.2) is 27.7 Å². The Morgan fingerprint density at radius 2 is 2.26 bits per heavy atom. The fraction of sp³-hybridized carbons (Fsp3) is 0.471. The van der Waals surface area contributed by atoms with Crippen molar-refractivity contribution in [3.8, 4) is 6.07 Å². The Balaban J connectivity index is 1.78. The number of rotatable bonds is 4. The van der Waals surface area contributed by atoms with Gasteiger partial charge in [0.1, 0.15) is 23.8 Å². The molecule has 6 heteroatoms. The Hall–Kier alpha value is -2.39. The summed E-state index contributed by atoms with van der Waals surface area (Å²) >= 11 is 0. The van der Waals surface area contributed by atoms with Crippen molar-refractivity contribution in [3.05, 3.63) is 42.2 Å². The molecule has 0 spiro atoms. The first-order chi connectivity index (χ1) is 11.3. The zero-order valence-corrected chi connectivity index (χ0v) is 12.9. The first kappa shape index (κ1) is 15.5. The van der Waals surface area contributed by atoms with Crippen LogP contribution in [0.1, 0.15) is 49.7 Å². The molecule has 1 N–H and O–H groups in total. The van der Waals surface area contributed by atoms with Crippen molar-refractivity contribution >= 4 is 5.82 Å². The minimum absolute atomic E-state index is 0.180. The first-order valence-corrected chi connectivity index (χ1v) is 7.98. The summed E-state index contributed by atoms with van der Waals surface area (Å²) in [5.41, 5.74) is 0.316. The number of nitriles is 1. The highest BCUT2D eigenvalue weighted by atomic mass is 16.4. The molecule has 1 saturated heterocycles. The zero-order chi connectivity index (χ0) is 16.1. The number of hydrogen-bond donors (Lipinski definition) is 1. The predicted octanol–water partition coefficient (Wildman–Crippen LogP) is 2.81. The molecule has 0 radical (unpaired) electrons. The summed E-state index contributed by atoms with van der Waals surface area (Å²) in [6.07, 6.45) is 9.10. The molecule has 23 heavy (non-hydrogen) atoms. The van der Waals surface area contributed by atoms with Gasteiger partial charge in [-0.25, -0.2) is 9.97 Å². The summed E-state index contributed by atoms with van der Waals surface area (Å²) in [5.74, 6) is 1.36. The summed E-state index contributed by atoms with van der Waals surface area (Å²) in [7, 11) is 0. The van der Waals surface area contributed by atoms with Gasteiger partial charge in [-0.1, -0.05) is 12.8 Å². The van der Waals surface area contributed by atoms with Crippen molar-refractivity contribution in [1.29, 1.82) is 5.26 Å². The average molecular weight is 312 g/mol. The molecule has 3 heterocycles. The van der Waals surface area contributed by atoms with Crippen molar-refractivity contribution in [2.45, 2.75) is 44.2 Å². The Kier molecular flexibility index (Phi) is 4.89. The van der Waals surface area contributed by atoms with Gasteiger partial charge in [-0.3, -0.25) is 0 Å². The Labute approximate surface area is 135 Å². The van der Waals surface area contributed by atoms with Crippen LogP contribution >= 0.6 is 0 Å². The molecular weight excluding hydrogens is 292 g/mol. The maximum absolute atomic E-state index is 10.4. The second-order valence-corrected chi connectivity index (χ2v) is 5.84. The smallest absolute Gasteiger partial charge is 0.158 e. The van der Waals surface area contributed by atoms with E-state index >= 15 is 0 Å². The third-order valence-electron chi connectivity index (χ3n) is 4.29. The molecule has 0 saturated carbocycles. The quantitative estimate of drug-likeness (QED) is 0.934. The minimum atomic E-state index is -0.623. The molecule has 0 aromatic carbocycles. The highest BCUT2D eigenvalue weighted by Crippen LogP contribution is 2.29. The summed E-state index contributed by atoms with van der Waals surface area (Å²) < 4.78 is 5.31. The molecule has 0 unspecified atom stereocenters. The van der Waals surface area contributed by atoms with Crippen LogP contribution in [0.4, 0.5) is 5.82 Å². The van der Waals surface area contributed by atoms with E-state index in [1.165, 1.54) is 12.6 Å². The van der Waals surface area contributed by atoms with Gasteiger partial charge in [0.05, 0.1) is 18.7 Å². The van der Waals surface area contributed by atoms with E-state index in [1.54, 1.807) is 24.6 Å². The van der Waals surface area contributed by atoms with E-state index in [4.69, 9.17) is 9.68 Å². The molecular formula is C17H20N4O2. The molecule has 2 aromatic rings. The van der Waals surface area contributed by atoms with Crippen LogP contribution in [0, 0.1) is 11.3 Å². The molecule has 2 atom stereocenters. The van der Waals surface area contributed by atoms with Gasteiger partial charge in [-0.05, 0) is 25.0 Å². The van der Waals surface area contributed by atoms with Crippen molar-refractivity contribution in [2.75, 3.05) is 11.4 Å². The number of aliphatic hydroxyl groups excluding tert-OH is 1. The van der Waals surface area contributed by atoms with Gasteiger partial charge in [0, 0.05) is 19.0 Å². The molecule has 0 bridgehead atoms. The van der Waals surface area contributed by atoms with E-state index in [0.29, 0.717) is 17.9 Å². The SMILES string of the molecule is N#Cc1cnc(N2CCCCC[C@H]2C[C@H](O)c2ccco2)cn1. The Bertz CT molecular complexity index is 648. The molecule has 3 rings (SSSR count). The third kappa shape index (κ3) is 3.69. The van der Waals surface area contributed by atoms with Crippen molar-refractivity contribution in [2.24, 2.45) is 0 Å². The lowest BCUT2D eigenvalue weighted by atomic mass is 10.0. The van der Waals surface area contributed by atoms with Gasteiger partial charge in [0.15, 0.2) is 5.69 Å². The van der Waals surface area contributed by atoms with Crippen LogP contribution < -0.4 is 4.90 Å². The molecule has 120 valence electrons. The predicted molar refractivity (Wildman–Crippen MR) is 84.6 cm³/mol. The molecule has 0 amide bonds. The Morgan fingerprint density at radius 3 is 2.96 bits per heavy atom. The monoisotopic (exact) mass is 312 g/mol. The lowest BCUT2D eigenvalue weighted by molar-refractivity contribution is 0.129. The van der Waals surface area contributed by atoms with E-state index in [2.05, 4.69) is 14.9 Å². The summed E-state index contributed by atoms with van der Waals surface area (Å²) in [4.78, 5) is 10.7. The summed E-state index contributed by atoms with van der Waals surface area (Å²) in [5, 5.41) is 19.3. The summed E-state index contributed by atoms with van der Waals surface area (Å²) in [6.45, 7) is 0.885. The van der Waals surface area contributed by atoms with E-state index in [-0.39, 0.29) is 6.04 Å². The fourth-order valence-corrected chi connectivity index (χ4v) is 3.11. The van der Waals surface area contributed by atoms with E-state index < -0.39 is 6.10 Å². The molecule has 0 aliphatic carbocycles. The topological polar surface area (TPSA) is 86.2 Å². The third-order valence-corrected chi connectivity index (χ3v) is 4.29. The van der Waals surface area contributed by atoms with Crippen LogP contribution in [0.25, 0.3) is 0 Å². The van der Waals surface area contributed by atoms with E-state index in [1.807, 2.05) is 6.07 Å². The Morgan fingerprint density at radius 1 is 1.35 bits per heavy atom. The lowest BCUT2D eigenvalue weighted by Gasteiger charge is -2.32. The lowest BCUT2D eigenvalue weighted by Crippen LogP contribution is -2.36. The van der Waals surface area contributed by atoms with Crippen LogP contribution in [0.15, 0.2) is 35.2 Å². The van der Waals surface area contributed by atoms with Gasteiger partial charge in [0.2, 0.25) is 0 Å².